The van der Waals surface area contributed by atoms with Gasteiger partial charge in [0.25, 0.3) is 5.91 Å². The molecule has 1 amide bonds. The second-order valence-corrected chi connectivity index (χ2v) is 6.44. The van der Waals surface area contributed by atoms with Crippen LogP contribution < -0.4 is 0 Å². The predicted octanol–water partition coefficient (Wildman–Crippen LogP) is 2.61. The molecule has 0 unspecified atom stereocenters. The van der Waals surface area contributed by atoms with E-state index in [2.05, 4.69) is 13.8 Å². The summed E-state index contributed by atoms with van der Waals surface area (Å²) in [6, 6.07) is 2.02. The Morgan fingerprint density at radius 2 is 2.17 bits per heavy atom. The number of likely N-dealkylation sites (tertiary alicyclic amines) is 1. The smallest absolute Gasteiger partial charge is 0.264 e. The van der Waals surface area contributed by atoms with Crippen LogP contribution in [0.3, 0.4) is 0 Å². The van der Waals surface area contributed by atoms with E-state index in [1.54, 1.807) is 16.2 Å². The summed E-state index contributed by atoms with van der Waals surface area (Å²) in [6.07, 6.45) is 2.85. The van der Waals surface area contributed by atoms with Crippen LogP contribution in [0.4, 0.5) is 0 Å². The Bertz CT molecular complexity index is 447. The van der Waals surface area contributed by atoms with Crippen molar-refractivity contribution in [1.29, 1.82) is 0 Å². The first-order valence-corrected chi connectivity index (χ1v) is 7.41. The highest BCUT2D eigenvalue weighted by atomic mass is 32.1. The fourth-order valence-electron chi connectivity index (χ4n) is 2.33. The standard InChI is InChI=1S/C14H21NO2S/c1-4-6-11-7-12(18-10(11)3)13(16)15-8-14(17,5-2)9-15/h7,17H,4-6,8-9H2,1-3H3. The van der Waals surface area contributed by atoms with Crippen molar-refractivity contribution in [3.05, 3.63) is 21.4 Å². The van der Waals surface area contributed by atoms with Gasteiger partial charge in [0, 0.05) is 4.88 Å². The van der Waals surface area contributed by atoms with E-state index >= 15 is 0 Å². The SMILES string of the molecule is CCCc1cc(C(=O)N2CC(O)(CC)C2)sc1C. The quantitative estimate of drug-likeness (QED) is 0.911. The van der Waals surface area contributed by atoms with Gasteiger partial charge in [-0.05, 0) is 31.4 Å². The maximum Gasteiger partial charge on any atom is 0.264 e. The first kappa shape index (κ1) is 13.6. The van der Waals surface area contributed by atoms with Crippen LogP contribution in [0.5, 0.6) is 0 Å². The highest BCUT2D eigenvalue weighted by Crippen LogP contribution is 2.29. The number of hydrogen-bond acceptors (Lipinski definition) is 3. The second-order valence-electron chi connectivity index (χ2n) is 5.18. The molecule has 1 aromatic rings. The van der Waals surface area contributed by atoms with Gasteiger partial charge in [0.2, 0.25) is 0 Å². The maximum absolute atomic E-state index is 12.2. The number of aliphatic hydroxyl groups is 1. The largest absolute Gasteiger partial charge is 0.386 e. The molecule has 18 heavy (non-hydrogen) atoms. The Kier molecular flexibility index (Phi) is 3.78. The third-order valence-electron chi connectivity index (χ3n) is 3.67. The van der Waals surface area contributed by atoms with Crippen LogP contribution in [0.15, 0.2) is 6.07 Å². The second kappa shape index (κ2) is 5.02. The number of carbonyl (C=O) groups excluding carboxylic acids is 1. The van der Waals surface area contributed by atoms with E-state index < -0.39 is 5.60 Å². The van der Waals surface area contributed by atoms with Gasteiger partial charge in [-0.3, -0.25) is 4.79 Å². The lowest BCUT2D eigenvalue weighted by molar-refractivity contribution is -0.0824. The minimum absolute atomic E-state index is 0.0728. The lowest BCUT2D eigenvalue weighted by Crippen LogP contribution is -2.63. The lowest BCUT2D eigenvalue weighted by Gasteiger charge is -2.45. The topological polar surface area (TPSA) is 40.5 Å². The number of hydrogen-bond donors (Lipinski definition) is 1. The molecular formula is C14H21NO2S. The summed E-state index contributed by atoms with van der Waals surface area (Å²) in [5.41, 5.74) is 0.644. The third-order valence-corrected chi connectivity index (χ3v) is 4.75. The number of aryl methyl sites for hydroxylation is 2. The summed E-state index contributed by atoms with van der Waals surface area (Å²) >= 11 is 1.57. The molecule has 1 saturated heterocycles. The van der Waals surface area contributed by atoms with Gasteiger partial charge < -0.3 is 10.0 Å². The van der Waals surface area contributed by atoms with Crippen LogP contribution in [0.25, 0.3) is 0 Å². The fraction of sp³-hybridized carbons (Fsp3) is 0.643. The number of carbonyl (C=O) groups is 1. The zero-order valence-electron chi connectivity index (χ0n) is 11.3. The zero-order valence-corrected chi connectivity index (χ0v) is 12.1. The van der Waals surface area contributed by atoms with E-state index in [0.29, 0.717) is 19.5 Å². The van der Waals surface area contributed by atoms with Crippen molar-refractivity contribution >= 4 is 17.2 Å². The van der Waals surface area contributed by atoms with Crippen molar-refractivity contribution in [3.8, 4) is 0 Å². The molecule has 3 nitrogen and oxygen atoms in total. The summed E-state index contributed by atoms with van der Waals surface area (Å²) in [6.45, 7) is 7.13. The minimum atomic E-state index is -0.645. The van der Waals surface area contributed by atoms with Gasteiger partial charge in [0.05, 0.1) is 23.6 Å². The number of amides is 1. The third kappa shape index (κ3) is 2.45. The Hall–Kier alpha value is -0.870. The summed E-state index contributed by atoms with van der Waals surface area (Å²) in [4.78, 5) is 16.0. The summed E-state index contributed by atoms with van der Waals surface area (Å²) in [5.74, 6) is 0.0728. The molecule has 0 radical (unpaired) electrons. The van der Waals surface area contributed by atoms with Crippen LogP contribution in [-0.2, 0) is 6.42 Å². The Morgan fingerprint density at radius 3 is 2.72 bits per heavy atom. The average molecular weight is 267 g/mol. The van der Waals surface area contributed by atoms with Gasteiger partial charge in [0.15, 0.2) is 0 Å². The molecule has 1 N–H and O–H groups in total. The monoisotopic (exact) mass is 267 g/mol. The van der Waals surface area contributed by atoms with Crippen molar-refractivity contribution in [1.82, 2.24) is 4.90 Å². The zero-order chi connectivity index (χ0) is 13.3. The number of β-amino-alcohol motifs (C(OH)–C–C–N with tert-alkyl or cyclic N) is 1. The molecule has 100 valence electrons. The van der Waals surface area contributed by atoms with Gasteiger partial charge in [-0.15, -0.1) is 11.3 Å². The molecule has 0 aliphatic carbocycles. The van der Waals surface area contributed by atoms with Crippen LogP contribution in [-0.4, -0.2) is 34.6 Å². The Morgan fingerprint density at radius 1 is 1.50 bits per heavy atom. The minimum Gasteiger partial charge on any atom is -0.386 e. The molecule has 0 aromatic carbocycles. The fourth-order valence-corrected chi connectivity index (χ4v) is 3.37. The van der Waals surface area contributed by atoms with E-state index in [9.17, 15) is 9.90 Å². The molecule has 0 saturated carbocycles. The van der Waals surface area contributed by atoms with E-state index in [1.807, 2.05) is 13.0 Å². The lowest BCUT2D eigenvalue weighted by atomic mass is 9.91. The molecule has 0 bridgehead atoms. The molecule has 1 fully saturated rings. The van der Waals surface area contributed by atoms with E-state index in [4.69, 9.17) is 0 Å². The molecule has 2 rings (SSSR count). The molecule has 1 aromatic heterocycles. The first-order chi connectivity index (χ1) is 8.49. The van der Waals surface area contributed by atoms with Crippen LogP contribution in [0, 0.1) is 6.92 Å². The summed E-state index contributed by atoms with van der Waals surface area (Å²) < 4.78 is 0. The summed E-state index contributed by atoms with van der Waals surface area (Å²) in [5, 5.41) is 9.94. The highest BCUT2D eigenvalue weighted by molar-refractivity contribution is 7.14. The molecule has 2 heterocycles. The van der Waals surface area contributed by atoms with Crippen LogP contribution >= 0.6 is 11.3 Å². The van der Waals surface area contributed by atoms with Gasteiger partial charge >= 0.3 is 0 Å². The Labute approximate surface area is 112 Å². The van der Waals surface area contributed by atoms with E-state index in [1.165, 1.54) is 10.4 Å². The molecule has 1 aliphatic heterocycles. The van der Waals surface area contributed by atoms with E-state index in [-0.39, 0.29) is 5.91 Å². The van der Waals surface area contributed by atoms with Gasteiger partial charge in [-0.2, -0.15) is 0 Å². The molecule has 4 heteroatoms. The molecule has 0 atom stereocenters. The van der Waals surface area contributed by atoms with Crippen LogP contribution in [0.1, 0.15) is 46.8 Å². The van der Waals surface area contributed by atoms with Crippen molar-refractivity contribution < 1.29 is 9.90 Å². The maximum atomic E-state index is 12.2. The number of rotatable bonds is 4. The number of nitrogens with zero attached hydrogens (tertiary/aromatic N) is 1. The predicted molar refractivity (Wildman–Crippen MR) is 74.2 cm³/mol. The number of thiophene rings is 1. The van der Waals surface area contributed by atoms with Crippen molar-refractivity contribution in [2.75, 3.05) is 13.1 Å². The Balaban J connectivity index is 2.04. The molecule has 0 spiro atoms. The van der Waals surface area contributed by atoms with Gasteiger partial charge in [0.1, 0.15) is 0 Å². The summed E-state index contributed by atoms with van der Waals surface area (Å²) in [7, 11) is 0. The highest BCUT2D eigenvalue weighted by Gasteiger charge is 2.42. The molecule has 1 aliphatic rings. The van der Waals surface area contributed by atoms with Crippen molar-refractivity contribution in [2.24, 2.45) is 0 Å². The van der Waals surface area contributed by atoms with Crippen LogP contribution in [0.2, 0.25) is 0 Å². The van der Waals surface area contributed by atoms with E-state index in [0.717, 1.165) is 17.7 Å². The van der Waals surface area contributed by atoms with Crippen molar-refractivity contribution in [2.45, 2.75) is 45.6 Å². The average Bonchev–Trinajstić information content (AvgIpc) is 2.67. The van der Waals surface area contributed by atoms with Crippen molar-refractivity contribution in [3.63, 3.8) is 0 Å². The van der Waals surface area contributed by atoms with Gasteiger partial charge in [-0.25, -0.2) is 0 Å². The normalized spacial score (nSPS) is 17.7. The molecular weight excluding hydrogens is 246 g/mol. The van der Waals surface area contributed by atoms with Gasteiger partial charge in [-0.1, -0.05) is 20.3 Å². The first-order valence-electron chi connectivity index (χ1n) is 6.60.